The highest BCUT2D eigenvalue weighted by molar-refractivity contribution is 7.02. The van der Waals surface area contributed by atoms with Crippen LogP contribution in [-0.2, 0) is 0 Å². The molecule has 270 valence electrons. The van der Waals surface area contributed by atoms with Crippen LogP contribution in [-0.4, -0.2) is 6.71 Å². The summed E-state index contributed by atoms with van der Waals surface area (Å²) < 4.78 is 0. The van der Waals surface area contributed by atoms with Gasteiger partial charge in [-0.15, -0.1) is 0 Å². The van der Waals surface area contributed by atoms with Crippen molar-refractivity contribution in [2.75, 3.05) is 14.7 Å². The van der Waals surface area contributed by atoms with E-state index in [1.54, 1.807) is 0 Å². The second-order valence-corrected chi connectivity index (χ2v) is 15.3. The third-order valence-electron chi connectivity index (χ3n) is 12.2. The molecular formula is C54H36BN3. The molecule has 58 heavy (non-hydrogen) atoms. The monoisotopic (exact) mass is 737 g/mol. The van der Waals surface area contributed by atoms with Crippen LogP contribution >= 0.6 is 0 Å². The Morgan fingerprint density at radius 1 is 0.224 bits per heavy atom. The van der Waals surface area contributed by atoms with Gasteiger partial charge in [0, 0.05) is 51.2 Å². The molecule has 0 bridgehead atoms. The van der Waals surface area contributed by atoms with Gasteiger partial charge in [0.2, 0.25) is 0 Å². The number of rotatable bonds is 6. The van der Waals surface area contributed by atoms with Gasteiger partial charge in [-0.25, -0.2) is 0 Å². The molecule has 0 aromatic heterocycles. The molecule has 0 spiro atoms. The topological polar surface area (TPSA) is 9.72 Å². The Morgan fingerprint density at radius 3 is 0.862 bits per heavy atom. The van der Waals surface area contributed by atoms with Gasteiger partial charge in [-0.2, -0.15) is 0 Å². The summed E-state index contributed by atoms with van der Waals surface area (Å²) in [6.45, 7) is 0.0533. The van der Waals surface area contributed by atoms with Crippen LogP contribution in [0.5, 0.6) is 0 Å². The van der Waals surface area contributed by atoms with E-state index in [0.29, 0.717) is 0 Å². The first-order valence-electron chi connectivity index (χ1n) is 20.1. The summed E-state index contributed by atoms with van der Waals surface area (Å²) in [6, 6.07) is 79.8. The Hall–Kier alpha value is -7.56. The second kappa shape index (κ2) is 13.0. The summed E-state index contributed by atoms with van der Waals surface area (Å²) in [6.07, 6.45) is 0. The van der Waals surface area contributed by atoms with Crippen LogP contribution in [0.25, 0.3) is 33.4 Å². The van der Waals surface area contributed by atoms with E-state index in [9.17, 15) is 0 Å². The summed E-state index contributed by atoms with van der Waals surface area (Å²) in [5.41, 5.74) is 22.0. The molecule has 3 heterocycles. The van der Waals surface area contributed by atoms with Gasteiger partial charge in [0.25, 0.3) is 6.71 Å². The minimum absolute atomic E-state index is 0.0533. The first-order valence-corrected chi connectivity index (χ1v) is 20.1. The van der Waals surface area contributed by atoms with Crippen molar-refractivity contribution < 1.29 is 0 Å². The van der Waals surface area contributed by atoms with Crippen LogP contribution in [0.1, 0.15) is 0 Å². The zero-order chi connectivity index (χ0) is 38.2. The molecule has 0 fully saturated rings. The van der Waals surface area contributed by atoms with Gasteiger partial charge in [0.15, 0.2) is 0 Å². The quantitative estimate of drug-likeness (QED) is 0.157. The summed E-state index contributed by atoms with van der Waals surface area (Å²) in [4.78, 5) is 7.48. The van der Waals surface area contributed by atoms with E-state index in [2.05, 4.69) is 233 Å². The normalized spacial score (nSPS) is 13.0. The second-order valence-electron chi connectivity index (χ2n) is 15.3. The average Bonchev–Trinajstić information content (AvgIpc) is 3.30. The zero-order valence-electron chi connectivity index (χ0n) is 31.7. The largest absolute Gasteiger partial charge is 0.311 e. The molecule has 3 aliphatic rings. The SMILES string of the molecule is c1ccc(-c2ccc(-c3ccc(-c4cc5c6c(c4)N(c4ccccc4)c4cccc7c4B6c4c(cccc4N5c4ccccc4)N7c4ccccc4)cc3)cc2)cc1. The first kappa shape index (κ1) is 32.7. The molecule has 0 saturated heterocycles. The molecule has 0 atom stereocenters. The van der Waals surface area contributed by atoms with E-state index in [1.165, 1.54) is 83.9 Å². The maximum atomic E-state index is 2.51. The predicted octanol–water partition coefficient (Wildman–Crippen LogP) is 12.6. The summed E-state index contributed by atoms with van der Waals surface area (Å²) in [7, 11) is 0. The number of benzene rings is 9. The zero-order valence-corrected chi connectivity index (χ0v) is 31.7. The van der Waals surface area contributed by atoms with E-state index < -0.39 is 0 Å². The third-order valence-corrected chi connectivity index (χ3v) is 12.2. The molecule has 0 N–H and O–H groups in total. The van der Waals surface area contributed by atoms with Crippen LogP contribution in [0.2, 0.25) is 0 Å². The Kier molecular flexibility index (Phi) is 7.33. The van der Waals surface area contributed by atoms with Gasteiger partial charge >= 0.3 is 0 Å². The molecule has 0 amide bonds. The molecular weight excluding hydrogens is 701 g/mol. The van der Waals surface area contributed by atoms with Crippen LogP contribution < -0.4 is 31.1 Å². The maximum Gasteiger partial charge on any atom is 0.257 e. The fourth-order valence-corrected chi connectivity index (χ4v) is 9.64. The first-order chi connectivity index (χ1) is 28.8. The maximum absolute atomic E-state index is 2.51. The molecule has 0 saturated carbocycles. The Balaban J connectivity index is 1.08. The van der Waals surface area contributed by atoms with Gasteiger partial charge in [-0.3, -0.25) is 0 Å². The summed E-state index contributed by atoms with van der Waals surface area (Å²) in [5, 5.41) is 0. The number of para-hydroxylation sites is 3. The van der Waals surface area contributed by atoms with E-state index in [-0.39, 0.29) is 6.71 Å². The third kappa shape index (κ3) is 4.95. The number of nitrogens with zero attached hydrogens (tertiary/aromatic N) is 3. The van der Waals surface area contributed by atoms with Crippen LogP contribution in [0.4, 0.5) is 51.2 Å². The predicted molar refractivity (Wildman–Crippen MR) is 245 cm³/mol. The minimum Gasteiger partial charge on any atom is -0.311 e. The smallest absolute Gasteiger partial charge is 0.257 e. The van der Waals surface area contributed by atoms with Crippen molar-refractivity contribution in [3.05, 3.63) is 218 Å². The van der Waals surface area contributed by atoms with Gasteiger partial charge in [-0.1, -0.05) is 146 Å². The standard InChI is InChI=1S/C54H36BN3/c1-5-15-37(16-6-1)38-27-29-39(30-28-38)40-31-33-41(34-32-40)42-35-50-54-51(36-42)58(45-21-11-4-12-22-45)49-26-14-24-47-53(49)55(54)52-46(56(47)43-17-7-2-8-18-43)23-13-25-48(52)57(50)44-19-9-3-10-20-44/h1-36H. The molecule has 9 aromatic rings. The molecule has 0 aliphatic carbocycles. The number of hydrogen-bond acceptors (Lipinski definition) is 3. The molecule has 0 radical (unpaired) electrons. The van der Waals surface area contributed by atoms with E-state index >= 15 is 0 Å². The Labute approximate surface area is 339 Å². The minimum atomic E-state index is 0.0533. The van der Waals surface area contributed by atoms with Gasteiger partial charge in [0.1, 0.15) is 0 Å². The molecule has 12 rings (SSSR count). The van der Waals surface area contributed by atoms with E-state index in [4.69, 9.17) is 0 Å². The number of hydrogen-bond donors (Lipinski definition) is 0. The molecule has 0 unspecified atom stereocenters. The Morgan fingerprint density at radius 2 is 0.500 bits per heavy atom. The van der Waals surface area contributed by atoms with E-state index in [0.717, 1.165) is 17.1 Å². The van der Waals surface area contributed by atoms with Crippen molar-refractivity contribution in [1.82, 2.24) is 0 Å². The molecule has 3 aliphatic heterocycles. The van der Waals surface area contributed by atoms with Crippen molar-refractivity contribution in [2.24, 2.45) is 0 Å². The van der Waals surface area contributed by atoms with Crippen LogP contribution in [0, 0.1) is 0 Å². The lowest BCUT2D eigenvalue weighted by Gasteiger charge is -2.49. The highest BCUT2D eigenvalue weighted by Crippen LogP contribution is 2.51. The number of anilines is 9. The molecule has 4 heteroatoms. The highest BCUT2D eigenvalue weighted by atomic mass is 15.2. The summed E-state index contributed by atoms with van der Waals surface area (Å²) in [5.74, 6) is 0. The molecule has 3 nitrogen and oxygen atoms in total. The fraction of sp³-hybridized carbons (Fsp3) is 0. The van der Waals surface area contributed by atoms with Crippen molar-refractivity contribution in [1.29, 1.82) is 0 Å². The molecule has 9 aromatic carbocycles. The van der Waals surface area contributed by atoms with E-state index in [1.807, 2.05) is 0 Å². The van der Waals surface area contributed by atoms with Crippen molar-refractivity contribution >= 4 is 74.3 Å². The lowest BCUT2D eigenvalue weighted by Crippen LogP contribution is -2.64. The van der Waals surface area contributed by atoms with Crippen molar-refractivity contribution in [2.45, 2.75) is 0 Å². The highest BCUT2D eigenvalue weighted by Gasteiger charge is 2.49. The van der Waals surface area contributed by atoms with Gasteiger partial charge < -0.3 is 14.7 Å². The van der Waals surface area contributed by atoms with Crippen LogP contribution in [0.3, 0.4) is 0 Å². The van der Waals surface area contributed by atoms with Gasteiger partial charge in [-0.05, 0) is 123 Å². The van der Waals surface area contributed by atoms with Crippen molar-refractivity contribution in [3.8, 4) is 33.4 Å². The van der Waals surface area contributed by atoms with Crippen LogP contribution in [0.15, 0.2) is 218 Å². The fourth-order valence-electron chi connectivity index (χ4n) is 9.64. The lowest BCUT2D eigenvalue weighted by molar-refractivity contribution is 1.22. The Bertz CT molecular complexity index is 2870. The lowest BCUT2D eigenvalue weighted by atomic mass is 9.31. The van der Waals surface area contributed by atoms with Crippen molar-refractivity contribution in [3.63, 3.8) is 0 Å². The van der Waals surface area contributed by atoms with Gasteiger partial charge in [0.05, 0.1) is 0 Å². The summed E-state index contributed by atoms with van der Waals surface area (Å²) >= 11 is 0. The average molecular weight is 738 g/mol.